The van der Waals surface area contributed by atoms with Crippen molar-refractivity contribution in [1.29, 1.82) is 0 Å². The van der Waals surface area contributed by atoms with Gasteiger partial charge < -0.3 is 24.8 Å². The fourth-order valence-corrected chi connectivity index (χ4v) is 4.47. The Labute approximate surface area is 238 Å². The lowest BCUT2D eigenvalue weighted by Gasteiger charge is -2.37. The zero-order valence-corrected chi connectivity index (χ0v) is 23.5. The number of hydrogen-bond acceptors (Lipinski definition) is 8. The van der Waals surface area contributed by atoms with Gasteiger partial charge in [0.2, 0.25) is 17.7 Å². The number of piperidine rings is 1. The number of fused-ring (bicyclic) bond motifs is 1. The molecule has 40 heavy (non-hydrogen) atoms. The average molecular weight is 618 g/mol. The number of hydroxylamine groups is 3. The number of amides is 6. The van der Waals surface area contributed by atoms with Crippen molar-refractivity contribution in [1.82, 2.24) is 15.1 Å². The second-order valence-electron chi connectivity index (χ2n) is 9.32. The Balaban J connectivity index is 1.59. The molecule has 1 saturated heterocycles. The first-order chi connectivity index (χ1) is 18.9. The summed E-state index contributed by atoms with van der Waals surface area (Å²) in [4.78, 5) is 76.6. The summed E-state index contributed by atoms with van der Waals surface area (Å²) in [5.41, 5.74) is -0.0610. The molecule has 3 rings (SSSR count). The topological polar surface area (TPSA) is 165 Å². The van der Waals surface area contributed by atoms with E-state index in [1.54, 1.807) is 0 Å². The number of carbonyl (C=O) groups excluding carboxylic acids is 6. The van der Waals surface area contributed by atoms with Crippen LogP contribution in [0.5, 0.6) is 0 Å². The lowest BCUT2D eigenvalue weighted by molar-refractivity contribution is -0.812. The normalized spacial score (nSPS) is 18.4. The van der Waals surface area contributed by atoms with Crippen LogP contribution in [0.3, 0.4) is 0 Å². The molecule has 0 aliphatic carbocycles. The van der Waals surface area contributed by atoms with Crippen LogP contribution in [0.25, 0.3) is 0 Å². The predicted octanol–water partition coefficient (Wildman–Crippen LogP) is 1.69. The van der Waals surface area contributed by atoms with Crippen molar-refractivity contribution >= 4 is 57.2 Å². The van der Waals surface area contributed by atoms with Crippen LogP contribution in [0.15, 0.2) is 28.9 Å². The first-order valence-corrected chi connectivity index (χ1v) is 13.0. The van der Waals surface area contributed by atoms with E-state index in [1.807, 2.05) is 0 Å². The number of nitrogens with zero attached hydrogens (tertiary/aromatic N) is 3. The maximum absolute atomic E-state index is 13.1. The van der Waals surface area contributed by atoms with Crippen molar-refractivity contribution in [2.45, 2.75) is 31.7 Å². The maximum atomic E-state index is 13.1. The van der Waals surface area contributed by atoms with Crippen molar-refractivity contribution in [2.75, 3.05) is 39.1 Å². The number of carbonyl (C=O) groups is 6. The molecule has 212 valence electrons. The van der Waals surface area contributed by atoms with E-state index in [0.717, 1.165) is 9.80 Å². The zero-order valence-electron chi connectivity index (χ0n) is 21.9. The zero-order chi connectivity index (χ0) is 29.6. The van der Waals surface area contributed by atoms with Crippen molar-refractivity contribution < 1.29 is 38.2 Å². The molecule has 2 unspecified atom stereocenters. The van der Waals surface area contributed by atoms with Gasteiger partial charge in [-0.1, -0.05) is 6.07 Å². The summed E-state index contributed by atoms with van der Waals surface area (Å²) in [5, 5.41) is 17.2. The number of ether oxygens (including phenoxy) is 1. The van der Waals surface area contributed by atoms with E-state index in [-0.39, 0.29) is 47.4 Å². The Bertz CT molecular complexity index is 1320. The molecule has 2 aliphatic rings. The summed E-state index contributed by atoms with van der Waals surface area (Å²) in [7, 11) is 2.75. The SMILES string of the molecule is C#CCCC[N+](C)([O-])/C(Br)=C/COC(=O)N(C)CC(=O)Nc1cccc2c1C(=O)N(C1CCC(=O)NC1=O)C2=O. The number of benzene rings is 1. The Kier molecular flexibility index (Phi) is 9.80. The van der Waals surface area contributed by atoms with E-state index in [1.165, 1.54) is 38.4 Å². The highest BCUT2D eigenvalue weighted by molar-refractivity contribution is 9.11. The highest BCUT2D eigenvalue weighted by Gasteiger charge is 2.45. The van der Waals surface area contributed by atoms with Gasteiger partial charge in [0.15, 0.2) is 4.61 Å². The summed E-state index contributed by atoms with van der Waals surface area (Å²) in [6, 6.07) is 3.13. The number of nitrogens with one attached hydrogen (secondary N) is 2. The second kappa shape index (κ2) is 12.9. The molecular formula is C26H28BrN5O8. The molecule has 0 saturated carbocycles. The number of likely N-dealkylation sites (N-methyl/N-ethyl adjacent to an activating group) is 1. The fraction of sp³-hybridized carbons (Fsp3) is 0.385. The molecule has 0 bridgehead atoms. The van der Waals surface area contributed by atoms with E-state index in [9.17, 15) is 34.0 Å². The molecule has 14 heteroatoms. The first-order valence-electron chi connectivity index (χ1n) is 12.3. The Morgan fingerprint density at radius 1 is 1.32 bits per heavy atom. The van der Waals surface area contributed by atoms with Gasteiger partial charge in [-0.3, -0.25) is 34.2 Å². The summed E-state index contributed by atoms with van der Waals surface area (Å²) < 4.78 is 4.62. The fourth-order valence-electron chi connectivity index (χ4n) is 4.16. The first kappa shape index (κ1) is 30.5. The van der Waals surface area contributed by atoms with E-state index < -0.39 is 52.9 Å². The Hall–Kier alpha value is -4.06. The average Bonchev–Trinajstić information content (AvgIpc) is 3.14. The third-order valence-electron chi connectivity index (χ3n) is 6.25. The largest absolute Gasteiger partial charge is 0.627 e. The number of hydrogen-bond donors (Lipinski definition) is 2. The third-order valence-corrected chi connectivity index (χ3v) is 7.32. The van der Waals surface area contributed by atoms with Crippen LogP contribution in [0.4, 0.5) is 10.5 Å². The number of quaternary nitrogens is 1. The second-order valence-corrected chi connectivity index (χ2v) is 10.1. The van der Waals surface area contributed by atoms with Gasteiger partial charge in [-0.2, -0.15) is 0 Å². The standard InChI is InChI=1S/C26H28BrN5O8/c1-4-5-6-13-32(3,39)19(27)12-14-40-26(38)30(2)15-21(34)28-17-9-7-8-16-22(17)25(37)31(24(16)36)18-10-11-20(33)29-23(18)35/h1,7-9,12,18H,5-6,10-11,13-15H2,2-3H3,(H,28,34)(H,29,33,35)/b19-12+. The van der Waals surface area contributed by atoms with Gasteiger partial charge in [0, 0.05) is 48.3 Å². The molecule has 0 aromatic heterocycles. The van der Waals surface area contributed by atoms with Crippen LogP contribution in [0.2, 0.25) is 0 Å². The van der Waals surface area contributed by atoms with Crippen LogP contribution in [-0.4, -0.2) is 89.9 Å². The Morgan fingerprint density at radius 3 is 2.73 bits per heavy atom. The van der Waals surface area contributed by atoms with Crippen LogP contribution < -0.4 is 10.6 Å². The monoisotopic (exact) mass is 617 g/mol. The molecule has 2 atom stereocenters. The van der Waals surface area contributed by atoms with Gasteiger partial charge in [-0.15, -0.1) is 12.3 Å². The molecule has 1 fully saturated rings. The van der Waals surface area contributed by atoms with Crippen LogP contribution >= 0.6 is 15.9 Å². The van der Waals surface area contributed by atoms with E-state index >= 15 is 0 Å². The maximum Gasteiger partial charge on any atom is 0.410 e. The summed E-state index contributed by atoms with van der Waals surface area (Å²) >= 11 is 3.19. The van der Waals surface area contributed by atoms with Gasteiger partial charge in [0.05, 0.1) is 30.4 Å². The number of imide groups is 2. The lowest BCUT2D eigenvalue weighted by atomic mass is 10.0. The minimum Gasteiger partial charge on any atom is -0.627 e. The van der Waals surface area contributed by atoms with Gasteiger partial charge in [0.25, 0.3) is 11.8 Å². The molecule has 1 aromatic carbocycles. The van der Waals surface area contributed by atoms with Gasteiger partial charge in [-0.25, -0.2) is 4.79 Å². The quantitative estimate of drug-likeness (QED) is 0.0999. The molecule has 1 aromatic rings. The van der Waals surface area contributed by atoms with Crippen molar-refractivity contribution in [2.24, 2.45) is 0 Å². The van der Waals surface area contributed by atoms with Crippen molar-refractivity contribution in [3.63, 3.8) is 0 Å². The van der Waals surface area contributed by atoms with E-state index in [2.05, 4.69) is 32.5 Å². The molecule has 2 heterocycles. The summed E-state index contributed by atoms with van der Waals surface area (Å²) in [6.45, 7) is -0.443. The van der Waals surface area contributed by atoms with E-state index in [0.29, 0.717) is 12.8 Å². The number of rotatable bonds is 10. The summed E-state index contributed by atoms with van der Waals surface area (Å²) in [6.07, 6.45) is 6.72. The molecule has 0 spiro atoms. The van der Waals surface area contributed by atoms with Crippen LogP contribution in [0, 0.1) is 17.6 Å². The third kappa shape index (κ3) is 6.92. The molecule has 13 nitrogen and oxygen atoms in total. The van der Waals surface area contributed by atoms with Gasteiger partial charge in [-0.05, 0) is 18.6 Å². The lowest BCUT2D eigenvalue weighted by Crippen LogP contribution is -2.54. The van der Waals surface area contributed by atoms with E-state index in [4.69, 9.17) is 11.2 Å². The number of halogens is 1. The highest BCUT2D eigenvalue weighted by Crippen LogP contribution is 2.32. The summed E-state index contributed by atoms with van der Waals surface area (Å²) in [5.74, 6) is -0.945. The van der Waals surface area contributed by atoms with Crippen molar-refractivity contribution in [3.05, 3.63) is 45.2 Å². The molecule has 2 aliphatic heterocycles. The molecule has 6 amide bonds. The smallest absolute Gasteiger partial charge is 0.410 e. The number of unbranched alkanes of at least 4 members (excludes halogenated alkanes) is 1. The molecule has 2 N–H and O–H groups in total. The predicted molar refractivity (Wildman–Crippen MR) is 145 cm³/mol. The minimum atomic E-state index is -1.15. The van der Waals surface area contributed by atoms with Gasteiger partial charge in [0.1, 0.15) is 19.2 Å². The Morgan fingerprint density at radius 2 is 2.05 bits per heavy atom. The molecular weight excluding hydrogens is 590 g/mol. The van der Waals surface area contributed by atoms with Crippen LogP contribution in [0.1, 0.15) is 46.4 Å². The van der Waals surface area contributed by atoms with Crippen molar-refractivity contribution in [3.8, 4) is 12.3 Å². The van der Waals surface area contributed by atoms with Crippen LogP contribution in [-0.2, 0) is 19.1 Å². The highest BCUT2D eigenvalue weighted by atomic mass is 79.9. The molecule has 0 radical (unpaired) electrons. The van der Waals surface area contributed by atoms with Gasteiger partial charge >= 0.3 is 6.09 Å². The number of terminal acetylenes is 1. The minimum absolute atomic E-state index is 0.000643. The number of anilines is 1.